The number of amides is 1. The lowest BCUT2D eigenvalue weighted by molar-refractivity contribution is -0.121. The quantitative estimate of drug-likeness (QED) is 0.791. The van der Waals surface area contributed by atoms with Crippen molar-refractivity contribution in [2.45, 2.75) is 39.2 Å². The van der Waals surface area contributed by atoms with E-state index in [1.165, 1.54) is 6.07 Å². The van der Waals surface area contributed by atoms with Crippen LogP contribution in [0.1, 0.15) is 32.3 Å². The topological polar surface area (TPSA) is 62.2 Å². The molecular weight excluding hydrogens is 247 g/mol. The molecule has 1 heterocycles. The first-order valence-corrected chi connectivity index (χ1v) is 6.53. The van der Waals surface area contributed by atoms with Crippen molar-refractivity contribution in [3.05, 3.63) is 29.8 Å². The summed E-state index contributed by atoms with van der Waals surface area (Å²) in [5, 5.41) is 12.3. The number of aryl methyl sites for hydroxylation is 1. The van der Waals surface area contributed by atoms with E-state index in [0.717, 1.165) is 6.20 Å². The lowest BCUT2D eigenvalue weighted by atomic mass is 10.0. The summed E-state index contributed by atoms with van der Waals surface area (Å²) in [7, 11) is 0. The number of hydrogen-bond acceptors (Lipinski definition) is 3. The Morgan fingerprint density at radius 1 is 1.47 bits per heavy atom. The van der Waals surface area contributed by atoms with Gasteiger partial charge < -0.3 is 10.4 Å². The predicted molar refractivity (Wildman–Crippen MR) is 71.0 cm³/mol. The fourth-order valence-corrected chi connectivity index (χ4v) is 1.63. The molecule has 0 aliphatic heterocycles. The van der Waals surface area contributed by atoms with Crippen molar-refractivity contribution in [3.63, 3.8) is 0 Å². The first kappa shape index (κ1) is 15.6. The Kier molecular flexibility index (Phi) is 6.42. The lowest BCUT2D eigenvalue weighted by Crippen LogP contribution is -2.28. The van der Waals surface area contributed by atoms with Crippen molar-refractivity contribution >= 4 is 5.91 Å². The van der Waals surface area contributed by atoms with Crippen LogP contribution < -0.4 is 5.32 Å². The normalized spacial score (nSPS) is 12.5. The minimum Gasteiger partial charge on any atom is -0.393 e. The van der Waals surface area contributed by atoms with Gasteiger partial charge in [0.25, 0.3) is 0 Å². The molecule has 0 spiro atoms. The highest BCUT2D eigenvalue weighted by molar-refractivity contribution is 5.76. The summed E-state index contributed by atoms with van der Waals surface area (Å²) in [5.41, 5.74) is 0.706. The van der Waals surface area contributed by atoms with E-state index in [-0.39, 0.29) is 11.8 Å². The van der Waals surface area contributed by atoms with Gasteiger partial charge in [-0.25, -0.2) is 4.39 Å². The number of halogens is 1. The molecule has 0 aromatic carbocycles. The molecule has 5 heteroatoms. The van der Waals surface area contributed by atoms with Crippen molar-refractivity contribution in [3.8, 4) is 0 Å². The Labute approximate surface area is 113 Å². The standard InChI is InChI=1S/C14H21FN2O2/c1-10(2)13(18)5-6-17-14(19)4-3-11-7-12(15)9-16-8-11/h7-10,13,18H,3-6H2,1-2H3,(H,17,19). The number of aromatic nitrogens is 1. The molecule has 1 unspecified atom stereocenters. The zero-order valence-corrected chi connectivity index (χ0v) is 11.4. The summed E-state index contributed by atoms with van der Waals surface area (Å²) in [5.74, 6) is -0.298. The molecule has 1 atom stereocenters. The van der Waals surface area contributed by atoms with E-state index in [4.69, 9.17) is 0 Å². The number of carbonyl (C=O) groups excluding carboxylic acids is 1. The third kappa shape index (κ3) is 6.29. The van der Waals surface area contributed by atoms with Crippen LogP contribution in [0.4, 0.5) is 4.39 Å². The maximum absolute atomic E-state index is 12.9. The van der Waals surface area contributed by atoms with E-state index < -0.39 is 11.9 Å². The van der Waals surface area contributed by atoms with Gasteiger partial charge in [0.15, 0.2) is 0 Å². The van der Waals surface area contributed by atoms with E-state index >= 15 is 0 Å². The van der Waals surface area contributed by atoms with Crippen LogP contribution >= 0.6 is 0 Å². The second-order valence-electron chi connectivity index (χ2n) is 4.96. The van der Waals surface area contributed by atoms with Gasteiger partial charge in [0, 0.05) is 19.2 Å². The van der Waals surface area contributed by atoms with Crippen molar-refractivity contribution in [1.82, 2.24) is 10.3 Å². The van der Waals surface area contributed by atoms with Crippen LogP contribution in [-0.4, -0.2) is 28.6 Å². The van der Waals surface area contributed by atoms with Crippen LogP contribution in [0.15, 0.2) is 18.5 Å². The molecule has 0 saturated carbocycles. The van der Waals surface area contributed by atoms with Crippen LogP contribution in [0.2, 0.25) is 0 Å². The molecule has 0 radical (unpaired) electrons. The molecular formula is C14H21FN2O2. The zero-order chi connectivity index (χ0) is 14.3. The number of hydrogen-bond donors (Lipinski definition) is 2. The number of pyridine rings is 1. The van der Waals surface area contributed by atoms with Gasteiger partial charge in [-0.3, -0.25) is 9.78 Å². The molecule has 1 aromatic heterocycles. The van der Waals surface area contributed by atoms with Gasteiger partial charge in [-0.15, -0.1) is 0 Å². The van der Waals surface area contributed by atoms with E-state index in [1.54, 1.807) is 6.20 Å². The molecule has 0 aliphatic rings. The largest absolute Gasteiger partial charge is 0.393 e. The van der Waals surface area contributed by atoms with Gasteiger partial charge in [-0.1, -0.05) is 13.8 Å². The minimum absolute atomic E-state index is 0.0970. The Balaban J connectivity index is 2.21. The van der Waals surface area contributed by atoms with Crippen molar-refractivity contribution < 1.29 is 14.3 Å². The van der Waals surface area contributed by atoms with Crippen LogP contribution in [0, 0.1) is 11.7 Å². The molecule has 1 rings (SSSR count). The predicted octanol–water partition coefficient (Wildman–Crippen LogP) is 1.68. The lowest BCUT2D eigenvalue weighted by Gasteiger charge is -2.14. The minimum atomic E-state index is -0.396. The van der Waals surface area contributed by atoms with Crippen LogP contribution in [0.3, 0.4) is 0 Å². The number of rotatable bonds is 7. The summed E-state index contributed by atoms with van der Waals surface area (Å²) in [6.07, 6.45) is 3.60. The Bertz CT molecular complexity index is 410. The highest BCUT2D eigenvalue weighted by atomic mass is 19.1. The SMILES string of the molecule is CC(C)C(O)CCNC(=O)CCc1cncc(F)c1. The Morgan fingerprint density at radius 3 is 2.84 bits per heavy atom. The third-order valence-electron chi connectivity index (χ3n) is 2.93. The number of nitrogens with zero attached hydrogens (tertiary/aromatic N) is 1. The van der Waals surface area contributed by atoms with E-state index in [1.807, 2.05) is 13.8 Å². The van der Waals surface area contributed by atoms with Gasteiger partial charge in [0.1, 0.15) is 5.82 Å². The molecule has 0 bridgehead atoms. The molecule has 4 nitrogen and oxygen atoms in total. The van der Waals surface area contributed by atoms with E-state index in [9.17, 15) is 14.3 Å². The summed E-state index contributed by atoms with van der Waals surface area (Å²) in [4.78, 5) is 15.3. The van der Waals surface area contributed by atoms with Gasteiger partial charge in [0.2, 0.25) is 5.91 Å². The molecule has 0 saturated heterocycles. The number of aliphatic hydroxyl groups is 1. The van der Waals surface area contributed by atoms with Gasteiger partial charge in [0.05, 0.1) is 12.3 Å². The number of carbonyl (C=O) groups is 1. The van der Waals surface area contributed by atoms with E-state index in [0.29, 0.717) is 31.4 Å². The third-order valence-corrected chi connectivity index (χ3v) is 2.93. The summed E-state index contributed by atoms with van der Waals surface area (Å²) >= 11 is 0. The first-order valence-electron chi connectivity index (χ1n) is 6.53. The maximum Gasteiger partial charge on any atom is 0.220 e. The molecule has 19 heavy (non-hydrogen) atoms. The zero-order valence-electron chi connectivity index (χ0n) is 11.4. The number of aliphatic hydroxyl groups excluding tert-OH is 1. The van der Waals surface area contributed by atoms with Crippen molar-refractivity contribution in [1.29, 1.82) is 0 Å². The smallest absolute Gasteiger partial charge is 0.220 e. The Morgan fingerprint density at radius 2 is 2.21 bits per heavy atom. The Hall–Kier alpha value is -1.49. The monoisotopic (exact) mass is 268 g/mol. The van der Waals surface area contributed by atoms with Gasteiger partial charge >= 0.3 is 0 Å². The summed E-state index contributed by atoms with van der Waals surface area (Å²) in [6.45, 7) is 4.33. The van der Waals surface area contributed by atoms with Crippen LogP contribution in [-0.2, 0) is 11.2 Å². The highest BCUT2D eigenvalue weighted by Gasteiger charge is 2.09. The molecule has 2 N–H and O–H groups in total. The molecule has 1 amide bonds. The van der Waals surface area contributed by atoms with Gasteiger partial charge in [-0.05, 0) is 30.4 Å². The molecule has 0 fully saturated rings. The van der Waals surface area contributed by atoms with E-state index in [2.05, 4.69) is 10.3 Å². The maximum atomic E-state index is 12.9. The van der Waals surface area contributed by atoms with Crippen molar-refractivity contribution in [2.24, 2.45) is 5.92 Å². The summed E-state index contributed by atoms with van der Waals surface area (Å²) in [6, 6.07) is 1.38. The van der Waals surface area contributed by atoms with Crippen molar-refractivity contribution in [2.75, 3.05) is 6.54 Å². The fourth-order valence-electron chi connectivity index (χ4n) is 1.63. The summed E-state index contributed by atoms with van der Waals surface area (Å²) < 4.78 is 12.9. The second-order valence-corrected chi connectivity index (χ2v) is 4.96. The highest BCUT2D eigenvalue weighted by Crippen LogP contribution is 2.05. The average molecular weight is 268 g/mol. The molecule has 0 aliphatic carbocycles. The second kappa shape index (κ2) is 7.84. The first-order chi connectivity index (χ1) is 8.99. The number of nitrogens with one attached hydrogen (secondary N) is 1. The van der Waals surface area contributed by atoms with Crippen LogP contribution in [0.5, 0.6) is 0 Å². The molecule has 1 aromatic rings. The average Bonchev–Trinajstić information content (AvgIpc) is 2.36. The van der Waals surface area contributed by atoms with Gasteiger partial charge in [-0.2, -0.15) is 0 Å². The van der Waals surface area contributed by atoms with Crippen LogP contribution in [0.25, 0.3) is 0 Å². The molecule has 106 valence electrons. The fraction of sp³-hybridized carbons (Fsp3) is 0.571.